The monoisotopic (exact) mass is 390 g/mol. The molecule has 6 nitrogen and oxygen atoms in total. The van der Waals surface area contributed by atoms with Crippen molar-refractivity contribution in [2.75, 3.05) is 20.2 Å². The molecule has 3 heterocycles. The maximum atomic E-state index is 12.9. The summed E-state index contributed by atoms with van der Waals surface area (Å²) in [5, 5.41) is 6.84. The molecule has 1 saturated heterocycles. The van der Waals surface area contributed by atoms with Gasteiger partial charge in [0.05, 0.1) is 18.9 Å². The number of piperidine rings is 1. The summed E-state index contributed by atoms with van der Waals surface area (Å²) in [7, 11) is 1.67. The van der Waals surface area contributed by atoms with Crippen molar-refractivity contribution in [2.45, 2.75) is 32.6 Å². The Morgan fingerprint density at radius 2 is 1.97 bits per heavy atom. The molecule has 0 aliphatic carbocycles. The van der Waals surface area contributed by atoms with E-state index in [0.717, 1.165) is 53.3 Å². The Kier molecular flexibility index (Phi) is 5.34. The highest BCUT2D eigenvalue weighted by molar-refractivity contribution is 5.95. The number of hydrogen-bond donors (Lipinski definition) is 1. The lowest BCUT2D eigenvalue weighted by molar-refractivity contribution is 0.0705. The van der Waals surface area contributed by atoms with Gasteiger partial charge in [-0.2, -0.15) is 5.10 Å². The molecule has 1 amide bonds. The first-order chi connectivity index (χ1) is 14.0. The number of carbonyl (C=O) groups is 1. The molecule has 0 spiro atoms. The normalized spacial score (nSPS) is 16.7. The van der Waals surface area contributed by atoms with Gasteiger partial charge in [-0.25, -0.2) is 0 Å². The van der Waals surface area contributed by atoms with Gasteiger partial charge in [0, 0.05) is 36.1 Å². The van der Waals surface area contributed by atoms with E-state index in [1.807, 2.05) is 30.9 Å². The Labute approximate surface area is 170 Å². The van der Waals surface area contributed by atoms with E-state index in [4.69, 9.17) is 9.72 Å². The Morgan fingerprint density at radius 3 is 2.66 bits per heavy atom. The SMILES string of the molecule is COc1ccc(-c2cc(C)nc([C@H]3CCCN(C(=O)c4cn[nH]c4C)C3)c2)cc1. The average molecular weight is 390 g/mol. The van der Waals surface area contributed by atoms with Crippen LogP contribution in [0.4, 0.5) is 0 Å². The van der Waals surface area contributed by atoms with Crippen LogP contribution in [0.3, 0.4) is 0 Å². The first-order valence-electron chi connectivity index (χ1n) is 9.97. The minimum absolute atomic E-state index is 0.0454. The van der Waals surface area contributed by atoms with Crippen molar-refractivity contribution < 1.29 is 9.53 Å². The second-order valence-electron chi connectivity index (χ2n) is 7.65. The standard InChI is InChI=1S/C23H26N4O2/c1-15-11-19(17-6-8-20(29-3)9-7-17)12-22(25-15)18-5-4-10-27(14-18)23(28)21-13-24-26-16(21)2/h6-9,11-13,18H,4-5,10,14H2,1-3H3,(H,24,26)/t18-/m0/s1. The van der Waals surface area contributed by atoms with Crippen LogP contribution in [0.2, 0.25) is 0 Å². The first-order valence-corrected chi connectivity index (χ1v) is 9.97. The third-order valence-corrected chi connectivity index (χ3v) is 5.58. The van der Waals surface area contributed by atoms with Crippen LogP contribution in [0.25, 0.3) is 11.1 Å². The lowest BCUT2D eigenvalue weighted by Crippen LogP contribution is -2.39. The van der Waals surface area contributed by atoms with Gasteiger partial charge in [-0.3, -0.25) is 14.9 Å². The maximum absolute atomic E-state index is 12.9. The molecule has 29 heavy (non-hydrogen) atoms. The molecule has 0 radical (unpaired) electrons. The Hall–Kier alpha value is -3.15. The topological polar surface area (TPSA) is 71.1 Å². The molecular weight excluding hydrogens is 364 g/mol. The van der Waals surface area contributed by atoms with Crippen LogP contribution in [0.5, 0.6) is 5.75 Å². The maximum Gasteiger partial charge on any atom is 0.257 e. The number of aromatic amines is 1. The van der Waals surface area contributed by atoms with Crippen LogP contribution < -0.4 is 4.74 Å². The van der Waals surface area contributed by atoms with Gasteiger partial charge in [0.2, 0.25) is 0 Å². The molecular formula is C23H26N4O2. The summed E-state index contributed by atoms with van der Waals surface area (Å²) in [5.41, 5.74) is 5.79. The predicted octanol–water partition coefficient (Wildman–Crippen LogP) is 4.12. The molecule has 4 rings (SSSR count). The van der Waals surface area contributed by atoms with Gasteiger partial charge in [0.25, 0.3) is 5.91 Å². The molecule has 6 heteroatoms. The second-order valence-corrected chi connectivity index (χ2v) is 7.65. The van der Waals surface area contributed by atoms with Crippen LogP contribution in [-0.2, 0) is 0 Å². The van der Waals surface area contributed by atoms with Crippen LogP contribution in [0.1, 0.15) is 46.2 Å². The van der Waals surface area contributed by atoms with Gasteiger partial charge in [0.15, 0.2) is 0 Å². The molecule has 0 unspecified atom stereocenters. The van der Waals surface area contributed by atoms with Crippen LogP contribution in [-0.4, -0.2) is 46.2 Å². The molecule has 3 aromatic rings. The number of aromatic nitrogens is 3. The van der Waals surface area contributed by atoms with E-state index in [1.54, 1.807) is 13.3 Å². The number of pyridine rings is 1. The van der Waals surface area contributed by atoms with Crippen molar-refractivity contribution in [3.05, 3.63) is 65.2 Å². The van der Waals surface area contributed by atoms with Crippen molar-refractivity contribution in [2.24, 2.45) is 0 Å². The van der Waals surface area contributed by atoms with Gasteiger partial charge in [-0.15, -0.1) is 0 Å². The summed E-state index contributed by atoms with van der Waals surface area (Å²) in [6.07, 6.45) is 3.63. The van der Waals surface area contributed by atoms with Crippen molar-refractivity contribution in [3.63, 3.8) is 0 Å². The second kappa shape index (κ2) is 8.07. The zero-order valence-electron chi connectivity index (χ0n) is 17.1. The number of ether oxygens (including phenoxy) is 1. The quantitative estimate of drug-likeness (QED) is 0.727. The van der Waals surface area contributed by atoms with Gasteiger partial charge in [-0.05, 0) is 62.1 Å². The molecule has 1 aliphatic rings. The smallest absolute Gasteiger partial charge is 0.257 e. The average Bonchev–Trinajstić information content (AvgIpc) is 3.18. The number of hydrogen-bond acceptors (Lipinski definition) is 4. The molecule has 2 aromatic heterocycles. The molecule has 0 bridgehead atoms. The Balaban J connectivity index is 1.58. The van der Waals surface area contributed by atoms with Crippen molar-refractivity contribution in [1.82, 2.24) is 20.1 Å². The molecule has 1 aliphatic heterocycles. The fourth-order valence-electron chi connectivity index (χ4n) is 3.99. The van der Waals surface area contributed by atoms with Gasteiger partial charge in [-0.1, -0.05) is 12.1 Å². The number of H-pyrrole nitrogens is 1. The van der Waals surface area contributed by atoms with Crippen molar-refractivity contribution in [3.8, 4) is 16.9 Å². The third kappa shape index (κ3) is 4.01. The van der Waals surface area contributed by atoms with Crippen LogP contribution in [0.15, 0.2) is 42.6 Å². The minimum Gasteiger partial charge on any atom is -0.497 e. The highest BCUT2D eigenvalue weighted by atomic mass is 16.5. The van der Waals surface area contributed by atoms with Gasteiger partial charge < -0.3 is 9.64 Å². The van der Waals surface area contributed by atoms with E-state index >= 15 is 0 Å². The fraction of sp³-hybridized carbons (Fsp3) is 0.348. The number of carbonyl (C=O) groups excluding carboxylic acids is 1. The highest BCUT2D eigenvalue weighted by Gasteiger charge is 2.28. The summed E-state index contributed by atoms with van der Waals surface area (Å²) in [6.45, 7) is 5.36. The van der Waals surface area contributed by atoms with E-state index in [9.17, 15) is 4.79 Å². The summed E-state index contributed by atoms with van der Waals surface area (Å²) in [4.78, 5) is 19.7. The number of rotatable bonds is 4. The Morgan fingerprint density at radius 1 is 1.17 bits per heavy atom. The van der Waals surface area contributed by atoms with E-state index < -0.39 is 0 Å². The molecule has 1 aromatic carbocycles. The number of nitrogens with zero attached hydrogens (tertiary/aromatic N) is 3. The van der Waals surface area contributed by atoms with Crippen LogP contribution >= 0.6 is 0 Å². The zero-order valence-corrected chi connectivity index (χ0v) is 17.1. The zero-order chi connectivity index (χ0) is 20.4. The summed E-state index contributed by atoms with van der Waals surface area (Å²) < 4.78 is 5.26. The lowest BCUT2D eigenvalue weighted by Gasteiger charge is -2.32. The van der Waals surface area contributed by atoms with Gasteiger partial charge in [0.1, 0.15) is 5.75 Å². The van der Waals surface area contributed by atoms with E-state index in [-0.39, 0.29) is 11.8 Å². The number of nitrogens with one attached hydrogen (secondary N) is 1. The molecule has 1 atom stereocenters. The number of aryl methyl sites for hydroxylation is 2. The first kappa shape index (κ1) is 19.2. The summed E-state index contributed by atoms with van der Waals surface area (Å²) >= 11 is 0. The van der Waals surface area contributed by atoms with Crippen molar-refractivity contribution in [1.29, 1.82) is 0 Å². The van der Waals surface area contributed by atoms with E-state index in [0.29, 0.717) is 12.1 Å². The molecule has 0 saturated carbocycles. The largest absolute Gasteiger partial charge is 0.497 e. The molecule has 1 fully saturated rings. The minimum atomic E-state index is 0.0454. The molecule has 150 valence electrons. The number of amides is 1. The number of likely N-dealkylation sites (tertiary alicyclic amines) is 1. The number of methoxy groups -OCH3 is 1. The number of benzene rings is 1. The van der Waals surface area contributed by atoms with Crippen molar-refractivity contribution >= 4 is 5.91 Å². The summed E-state index contributed by atoms with van der Waals surface area (Å²) in [6, 6.07) is 12.3. The fourth-order valence-corrected chi connectivity index (χ4v) is 3.99. The predicted molar refractivity (Wildman–Crippen MR) is 112 cm³/mol. The molecule has 1 N–H and O–H groups in total. The third-order valence-electron chi connectivity index (χ3n) is 5.58. The van der Waals surface area contributed by atoms with Gasteiger partial charge >= 0.3 is 0 Å². The van der Waals surface area contributed by atoms with E-state index in [1.165, 1.54) is 0 Å². The Bertz CT molecular complexity index is 1010. The van der Waals surface area contributed by atoms with Crippen LogP contribution in [0, 0.1) is 13.8 Å². The lowest BCUT2D eigenvalue weighted by atomic mass is 9.92. The summed E-state index contributed by atoms with van der Waals surface area (Å²) in [5.74, 6) is 1.12. The van der Waals surface area contributed by atoms with E-state index in [2.05, 4.69) is 34.5 Å². The highest BCUT2D eigenvalue weighted by Crippen LogP contribution is 2.31.